The lowest BCUT2D eigenvalue weighted by molar-refractivity contribution is 0.0696. The summed E-state index contributed by atoms with van der Waals surface area (Å²) in [4.78, 5) is 10.7. The Kier molecular flexibility index (Phi) is 2.52. The third-order valence-corrected chi connectivity index (χ3v) is 2.06. The normalized spacial score (nSPS) is 9.69. The second kappa shape index (κ2) is 3.44. The molecule has 0 unspecified atom stereocenters. The molecule has 0 saturated heterocycles. The van der Waals surface area contributed by atoms with E-state index in [1.807, 2.05) is 13.0 Å². The maximum atomic E-state index is 10.7. The van der Waals surface area contributed by atoms with Crippen molar-refractivity contribution in [2.75, 3.05) is 0 Å². The number of hydrogen-bond acceptors (Lipinski definition) is 1. The zero-order chi connectivity index (χ0) is 10.0. The summed E-state index contributed by atoms with van der Waals surface area (Å²) in [6.07, 6.45) is 1.73. The summed E-state index contributed by atoms with van der Waals surface area (Å²) >= 11 is 0. The van der Waals surface area contributed by atoms with Gasteiger partial charge in [0.1, 0.15) is 0 Å². The van der Waals surface area contributed by atoms with E-state index in [0.717, 1.165) is 16.7 Å². The van der Waals surface area contributed by atoms with Crippen LogP contribution in [0.4, 0.5) is 0 Å². The molecule has 2 heteroatoms. The molecule has 1 rings (SSSR count). The van der Waals surface area contributed by atoms with E-state index < -0.39 is 5.97 Å². The van der Waals surface area contributed by atoms with Crippen molar-refractivity contribution in [2.45, 2.75) is 13.8 Å². The fourth-order valence-corrected chi connectivity index (χ4v) is 1.29. The largest absolute Gasteiger partial charge is 0.478 e. The van der Waals surface area contributed by atoms with Crippen LogP contribution in [-0.2, 0) is 0 Å². The zero-order valence-corrected chi connectivity index (χ0v) is 7.79. The predicted octanol–water partition coefficient (Wildman–Crippen LogP) is 2.64. The van der Waals surface area contributed by atoms with Gasteiger partial charge in [0.05, 0.1) is 5.56 Å². The first-order valence-corrected chi connectivity index (χ1v) is 4.03. The number of benzene rings is 1. The molecule has 13 heavy (non-hydrogen) atoms. The van der Waals surface area contributed by atoms with Gasteiger partial charge in [0, 0.05) is 0 Å². The molecule has 1 aromatic carbocycles. The smallest absolute Gasteiger partial charge is 0.335 e. The highest BCUT2D eigenvalue weighted by molar-refractivity contribution is 5.90. The summed E-state index contributed by atoms with van der Waals surface area (Å²) in [5.41, 5.74) is 3.07. The first kappa shape index (κ1) is 9.52. The highest BCUT2D eigenvalue weighted by Gasteiger charge is 2.08. The lowest BCUT2D eigenvalue weighted by atomic mass is 10.0. The fourth-order valence-electron chi connectivity index (χ4n) is 1.29. The summed E-state index contributed by atoms with van der Waals surface area (Å²) in [6.45, 7) is 7.33. The van der Waals surface area contributed by atoms with E-state index in [9.17, 15) is 4.79 Å². The predicted molar refractivity (Wildman–Crippen MR) is 53.0 cm³/mol. The van der Waals surface area contributed by atoms with Crippen LogP contribution in [0.1, 0.15) is 27.0 Å². The fraction of sp³-hybridized carbons (Fsp3) is 0.182. The van der Waals surface area contributed by atoms with E-state index in [2.05, 4.69) is 6.58 Å². The Bertz CT molecular complexity index is 365. The van der Waals surface area contributed by atoms with Crippen LogP contribution in [0.5, 0.6) is 0 Å². The molecule has 1 aromatic rings. The van der Waals surface area contributed by atoms with Crippen LogP contribution in [0.2, 0.25) is 0 Å². The van der Waals surface area contributed by atoms with E-state index >= 15 is 0 Å². The Morgan fingerprint density at radius 1 is 1.38 bits per heavy atom. The minimum Gasteiger partial charge on any atom is -0.478 e. The molecule has 0 atom stereocenters. The lowest BCUT2D eigenvalue weighted by Gasteiger charge is -2.05. The van der Waals surface area contributed by atoms with Crippen molar-refractivity contribution in [1.82, 2.24) is 0 Å². The van der Waals surface area contributed by atoms with Gasteiger partial charge < -0.3 is 5.11 Å². The second-order valence-electron chi connectivity index (χ2n) is 3.03. The van der Waals surface area contributed by atoms with E-state index in [4.69, 9.17) is 5.11 Å². The average molecular weight is 176 g/mol. The number of carboxylic acid groups (broad SMARTS) is 1. The Hall–Kier alpha value is -1.57. The Labute approximate surface area is 77.5 Å². The number of aryl methyl sites for hydroxylation is 2. The average Bonchev–Trinajstić information content (AvgIpc) is 2.07. The molecule has 1 N–H and O–H groups in total. The molecule has 68 valence electrons. The van der Waals surface area contributed by atoms with Crippen LogP contribution in [0, 0.1) is 13.8 Å². The molecule has 0 spiro atoms. The molecule has 0 amide bonds. The van der Waals surface area contributed by atoms with Crippen molar-refractivity contribution in [3.05, 3.63) is 41.0 Å². The third-order valence-electron chi connectivity index (χ3n) is 2.06. The molecule has 0 aromatic heterocycles. The molecule has 0 aliphatic rings. The number of carboxylic acids is 1. The van der Waals surface area contributed by atoms with Crippen molar-refractivity contribution in [3.8, 4) is 0 Å². The van der Waals surface area contributed by atoms with E-state index in [1.165, 1.54) is 0 Å². The first-order valence-electron chi connectivity index (χ1n) is 4.03. The quantitative estimate of drug-likeness (QED) is 0.752. The molecule has 0 bridgehead atoms. The van der Waals surface area contributed by atoms with Crippen LogP contribution in [-0.4, -0.2) is 11.1 Å². The van der Waals surface area contributed by atoms with Crippen molar-refractivity contribution in [3.63, 3.8) is 0 Å². The van der Waals surface area contributed by atoms with Crippen LogP contribution < -0.4 is 0 Å². The van der Waals surface area contributed by atoms with Crippen molar-refractivity contribution >= 4 is 12.0 Å². The van der Waals surface area contributed by atoms with Crippen LogP contribution in [0.3, 0.4) is 0 Å². The number of carbonyl (C=O) groups is 1. The molecule has 0 aliphatic heterocycles. The van der Waals surface area contributed by atoms with Gasteiger partial charge in [-0.3, -0.25) is 0 Å². The maximum absolute atomic E-state index is 10.7. The minimum atomic E-state index is -0.879. The topological polar surface area (TPSA) is 37.3 Å². The monoisotopic (exact) mass is 176 g/mol. The number of rotatable bonds is 2. The Morgan fingerprint density at radius 3 is 2.46 bits per heavy atom. The molecule has 2 nitrogen and oxygen atoms in total. The highest BCUT2D eigenvalue weighted by Crippen LogP contribution is 2.16. The van der Waals surface area contributed by atoms with E-state index in [0.29, 0.717) is 5.56 Å². The second-order valence-corrected chi connectivity index (χ2v) is 3.03. The summed E-state index contributed by atoms with van der Waals surface area (Å²) in [6, 6.07) is 3.51. The molecular formula is C11H12O2. The summed E-state index contributed by atoms with van der Waals surface area (Å²) in [7, 11) is 0. The van der Waals surface area contributed by atoms with Gasteiger partial charge in [0.2, 0.25) is 0 Å². The van der Waals surface area contributed by atoms with Gasteiger partial charge in [-0.1, -0.05) is 18.7 Å². The van der Waals surface area contributed by atoms with Gasteiger partial charge in [0.25, 0.3) is 0 Å². The number of aromatic carboxylic acids is 1. The Morgan fingerprint density at radius 2 is 2.00 bits per heavy atom. The third kappa shape index (κ3) is 1.78. The van der Waals surface area contributed by atoms with Crippen molar-refractivity contribution < 1.29 is 9.90 Å². The van der Waals surface area contributed by atoms with Gasteiger partial charge >= 0.3 is 5.97 Å². The zero-order valence-electron chi connectivity index (χ0n) is 7.79. The molecule has 0 radical (unpaired) electrons. The molecule has 0 fully saturated rings. The summed E-state index contributed by atoms with van der Waals surface area (Å²) < 4.78 is 0. The molecule has 0 heterocycles. The van der Waals surface area contributed by atoms with Gasteiger partial charge in [-0.25, -0.2) is 4.79 Å². The standard InChI is InChI=1S/C11H12O2/c1-4-9-5-8(3)10(11(12)13)6-7(9)2/h4-6H,1H2,2-3H3,(H,12,13). The van der Waals surface area contributed by atoms with Gasteiger partial charge in [-0.05, 0) is 36.6 Å². The molecule has 0 saturated carbocycles. The SMILES string of the molecule is C=Cc1cc(C)c(C(=O)O)cc1C. The summed E-state index contributed by atoms with van der Waals surface area (Å²) in [5.74, 6) is -0.879. The number of hydrogen-bond donors (Lipinski definition) is 1. The van der Waals surface area contributed by atoms with Crippen molar-refractivity contribution in [1.29, 1.82) is 0 Å². The first-order chi connectivity index (χ1) is 6.06. The Balaban J connectivity index is 3.36. The van der Waals surface area contributed by atoms with Gasteiger partial charge in [-0.2, -0.15) is 0 Å². The van der Waals surface area contributed by atoms with Gasteiger partial charge in [-0.15, -0.1) is 0 Å². The van der Waals surface area contributed by atoms with Crippen LogP contribution >= 0.6 is 0 Å². The lowest BCUT2D eigenvalue weighted by Crippen LogP contribution is -2.01. The summed E-state index contributed by atoms with van der Waals surface area (Å²) in [5, 5.41) is 8.83. The maximum Gasteiger partial charge on any atom is 0.335 e. The van der Waals surface area contributed by atoms with E-state index in [-0.39, 0.29) is 0 Å². The molecule has 0 aliphatic carbocycles. The highest BCUT2D eigenvalue weighted by atomic mass is 16.4. The van der Waals surface area contributed by atoms with Crippen LogP contribution in [0.25, 0.3) is 6.08 Å². The van der Waals surface area contributed by atoms with Crippen LogP contribution in [0.15, 0.2) is 18.7 Å². The van der Waals surface area contributed by atoms with Crippen molar-refractivity contribution in [2.24, 2.45) is 0 Å². The minimum absolute atomic E-state index is 0.364. The van der Waals surface area contributed by atoms with E-state index in [1.54, 1.807) is 19.1 Å². The van der Waals surface area contributed by atoms with Gasteiger partial charge in [0.15, 0.2) is 0 Å². The molecular weight excluding hydrogens is 164 g/mol.